The average molecular weight is 222 g/mol. The molecular formula is C12H18O2Si. The molecule has 3 heteroatoms. The maximum atomic E-state index is 5.88. The molecule has 0 atom stereocenters. The van der Waals surface area contributed by atoms with Crippen LogP contribution < -0.4 is 0 Å². The van der Waals surface area contributed by atoms with Crippen LogP contribution in [0.2, 0.25) is 19.1 Å². The quantitative estimate of drug-likeness (QED) is 0.426. The fourth-order valence-corrected chi connectivity index (χ4v) is 3.88. The van der Waals surface area contributed by atoms with Gasteiger partial charge in [0.15, 0.2) is 5.76 Å². The van der Waals surface area contributed by atoms with E-state index < -0.39 is 8.32 Å². The molecule has 0 radical (unpaired) electrons. The highest BCUT2D eigenvalue weighted by atomic mass is 28.4. The van der Waals surface area contributed by atoms with Gasteiger partial charge in [-0.25, -0.2) is 0 Å². The van der Waals surface area contributed by atoms with Gasteiger partial charge in [0.05, 0.1) is 6.26 Å². The second-order valence-electron chi connectivity index (χ2n) is 4.40. The van der Waals surface area contributed by atoms with E-state index >= 15 is 0 Å². The van der Waals surface area contributed by atoms with Crippen LogP contribution in [0.5, 0.6) is 0 Å². The van der Waals surface area contributed by atoms with E-state index in [4.69, 9.17) is 8.84 Å². The summed E-state index contributed by atoms with van der Waals surface area (Å²) < 4.78 is 11.1. The molecule has 0 unspecified atom stereocenters. The Morgan fingerprint density at radius 1 is 1.47 bits per heavy atom. The van der Waals surface area contributed by atoms with Gasteiger partial charge in [-0.15, -0.1) is 6.58 Å². The van der Waals surface area contributed by atoms with Crippen molar-refractivity contribution < 1.29 is 8.84 Å². The van der Waals surface area contributed by atoms with E-state index in [1.807, 2.05) is 19.1 Å². The van der Waals surface area contributed by atoms with E-state index in [1.54, 1.807) is 6.26 Å². The summed E-state index contributed by atoms with van der Waals surface area (Å²) in [5, 5.41) is 0. The Bertz CT molecular complexity index is 350. The smallest absolute Gasteiger partial charge is 0.249 e. The minimum absolute atomic E-state index is 0.623. The van der Waals surface area contributed by atoms with Gasteiger partial charge in [-0.2, -0.15) is 0 Å². The van der Waals surface area contributed by atoms with Crippen molar-refractivity contribution >= 4 is 14.1 Å². The van der Waals surface area contributed by atoms with Crippen molar-refractivity contribution in [1.82, 2.24) is 0 Å². The molecule has 0 aliphatic rings. The molecule has 1 heterocycles. The van der Waals surface area contributed by atoms with Crippen LogP contribution in [-0.2, 0) is 4.43 Å². The van der Waals surface area contributed by atoms with Crippen molar-refractivity contribution in [3.8, 4) is 0 Å². The van der Waals surface area contributed by atoms with Gasteiger partial charge < -0.3 is 8.84 Å². The SMILES string of the molecule is C=C(C)C[Si](C)(C)OC(=C)c1ccco1. The molecule has 0 aliphatic carbocycles. The fourth-order valence-electron chi connectivity index (χ4n) is 1.58. The van der Waals surface area contributed by atoms with E-state index in [-0.39, 0.29) is 0 Å². The van der Waals surface area contributed by atoms with Gasteiger partial charge >= 0.3 is 0 Å². The third-order valence-corrected chi connectivity index (χ3v) is 4.18. The average Bonchev–Trinajstić information content (AvgIpc) is 2.50. The first-order valence-electron chi connectivity index (χ1n) is 4.97. The van der Waals surface area contributed by atoms with Crippen LogP contribution in [0, 0.1) is 0 Å². The van der Waals surface area contributed by atoms with Crippen molar-refractivity contribution in [3.05, 3.63) is 42.9 Å². The van der Waals surface area contributed by atoms with Crippen LogP contribution in [0.15, 0.2) is 41.5 Å². The fraction of sp³-hybridized carbons (Fsp3) is 0.333. The molecule has 1 rings (SSSR count). The standard InChI is InChI=1S/C12H18O2Si/c1-10(2)9-15(4,5)14-11(3)12-7-6-8-13-12/h6-8H,1,3,9H2,2,4-5H3. The van der Waals surface area contributed by atoms with Gasteiger partial charge in [-0.3, -0.25) is 0 Å². The van der Waals surface area contributed by atoms with Crippen LogP contribution in [0.4, 0.5) is 0 Å². The summed E-state index contributed by atoms with van der Waals surface area (Å²) in [7, 11) is -1.74. The third-order valence-electron chi connectivity index (χ3n) is 1.92. The first-order chi connectivity index (χ1) is 6.91. The molecule has 0 bridgehead atoms. The summed E-state index contributed by atoms with van der Waals surface area (Å²) >= 11 is 0. The Hall–Kier alpha value is -1.22. The second kappa shape index (κ2) is 4.53. The molecule has 0 saturated heterocycles. The minimum Gasteiger partial charge on any atom is -0.542 e. The van der Waals surface area contributed by atoms with Gasteiger partial charge in [0.25, 0.3) is 0 Å². The lowest BCUT2D eigenvalue weighted by Crippen LogP contribution is -2.29. The van der Waals surface area contributed by atoms with Crippen molar-refractivity contribution in [3.63, 3.8) is 0 Å². The van der Waals surface area contributed by atoms with Gasteiger partial charge in [0.2, 0.25) is 8.32 Å². The monoisotopic (exact) mass is 222 g/mol. The summed E-state index contributed by atoms with van der Waals surface area (Å²) in [6.45, 7) is 14.1. The molecule has 0 aliphatic heterocycles. The summed E-state index contributed by atoms with van der Waals surface area (Å²) in [6, 6.07) is 4.62. The molecule has 15 heavy (non-hydrogen) atoms. The normalized spacial score (nSPS) is 11.1. The largest absolute Gasteiger partial charge is 0.542 e. The zero-order valence-corrected chi connectivity index (χ0v) is 10.7. The Kier molecular flexibility index (Phi) is 3.58. The van der Waals surface area contributed by atoms with E-state index in [0.29, 0.717) is 11.5 Å². The Balaban J connectivity index is 2.61. The lowest BCUT2D eigenvalue weighted by atomic mass is 10.4. The maximum absolute atomic E-state index is 5.88. The molecule has 0 saturated carbocycles. The highest BCUT2D eigenvalue weighted by Crippen LogP contribution is 2.24. The van der Waals surface area contributed by atoms with Crippen LogP contribution >= 0.6 is 0 Å². The molecule has 0 spiro atoms. The van der Waals surface area contributed by atoms with Crippen molar-refractivity contribution in [2.24, 2.45) is 0 Å². The Labute approximate surface area is 92.4 Å². The topological polar surface area (TPSA) is 22.4 Å². The van der Waals surface area contributed by atoms with E-state index in [0.717, 1.165) is 11.6 Å². The molecule has 0 amide bonds. The molecule has 1 aromatic heterocycles. The first-order valence-corrected chi connectivity index (χ1v) is 8.08. The highest BCUT2D eigenvalue weighted by molar-refractivity contribution is 6.72. The van der Waals surface area contributed by atoms with Gasteiger partial charge in [0.1, 0.15) is 5.76 Å². The summed E-state index contributed by atoms with van der Waals surface area (Å²) in [5.74, 6) is 1.33. The Morgan fingerprint density at radius 3 is 2.60 bits per heavy atom. The lowest BCUT2D eigenvalue weighted by Gasteiger charge is -2.24. The molecule has 0 N–H and O–H groups in total. The number of hydrogen-bond donors (Lipinski definition) is 0. The maximum Gasteiger partial charge on any atom is 0.249 e. The summed E-state index contributed by atoms with van der Waals surface area (Å²) in [4.78, 5) is 0. The second-order valence-corrected chi connectivity index (χ2v) is 8.47. The van der Waals surface area contributed by atoms with Gasteiger partial charge in [-0.1, -0.05) is 12.2 Å². The number of hydrogen-bond acceptors (Lipinski definition) is 2. The predicted octanol–water partition coefficient (Wildman–Crippen LogP) is 4.05. The Morgan fingerprint density at radius 2 is 2.13 bits per heavy atom. The molecule has 1 aromatic rings. The van der Waals surface area contributed by atoms with E-state index in [2.05, 4.69) is 26.3 Å². The van der Waals surface area contributed by atoms with Crippen molar-refractivity contribution in [2.45, 2.75) is 26.1 Å². The molecule has 2 nitrogen and oxygen atoms in total. The number of rotatable bonds is 5. The summed E-state index contributed by atoms with van der Waals surface area (Å²) in [6.07, 6.45) is 1.62. The predicted molar refractivity (Wildman–Crippen MR) is 65.9 cm³/mol. The van der Waals surface area contributed by atoms with Crippen LogP contribution in [-0.4, -0.2) is 8.32 Å². The van der Waals surface area contributed by atoms with Gasteiger partial charge in [0, 0.05) is 0 Å². The van der Waals surface area contributed by atoms with Crippen molar-refractivity contribution in [1.29, 1.82) is 0 Å². The van der Waals surface area contributed by atoms with Crippen LogP contribution in [0.1, 0.15) is 12.7 Å². The van der Waals surface area contributed by atoms with E-state index in [1.165, 1.54) is 0 Å². The molecular weight excluding hydrogens is 204 g/mol. The van der Waals surface area contributed by atoms with Crippen LogP contribution in [0.25, 0.3) is 5.76 Å². The summed E-state index contributed by atoms with van der Waals surface area (Å²) in [5.41, 5.74) is 1.15. The van der Waals surface area contributed by atoms with Gasteiger partial charge in [-0.05, 0) is 38.2 Å². The number of furan rings is 1. The zero-order valence-electron chi connectivity index (χ0n) is 9.67. The van der Waals surface area contributed by atoms with Crippen molar-refractivity contribution in [2.75, 3.05) is 0 Å². The molecule has 0 aromatic carbocycles. The first kappa shape index (κ1) is 11.8. The lowest BCUT2D eigenvalue weighted by molar-refractivity contribution is 0.461. The third kappa shape index (κ3) is 3.79. The minimum atomic E-state index is -1.74. The zero-order chi connectivity index (χ0) is 11.5. The highest BCUT2D eigenvalue weighted by Gasteiger charge is 2.25. The molecule has 0 fully saturated rings. The number of allylic oxidation sites excluding steroid dienone is 1. The van der Waals surface area contributed by atoms with E-state index in [9.17, 15) is 0 Å². The van der Waals surface area contributed by atoms with Crippen LogP contribution in [0.3, 0.4) is 0 Å². The molecule has 82 valence electrons.